The fourth-order valence-corrected chi connectivity index (χ4v) is 3.28. The second-order valence-corrected chi connectivity index (χ2v) is 6.67. The molecule has 0 spiro atoms. The fourth-order valence-electron chi connectivity index (χ4n) is 3.03. The Balaban J connectivity index is 1.77. The predicted octanol–water partition coefficient (Wildman–Crippen LogP) is 5.76. The maximum absolute atomic E-state index is 13.0. The third-order valence-electron chi connectivity index (χ3n) is 4.22. The lowest BCUT2D eigenvalue weighted by atomic mass is 10.1. The Morgan fingerprint density at radius 2 is 1.40 bits per heavy atom. The SMILES string of the molecule is O=C1c2ccccc2C(Nc2ccc(Cl)cc2)N1c1ccc(Cl)cc1. The van der Waals surface area contributed by atoms with Gasteiger partial charge in [-0.3, -0.25) is 9.69 Å². The highest BCUT2D eigenvalue weighted by Gasteiger charge is 2.37. The van der Waals surface area contributed by atoms with Crippen molar-refractivity contribution in [3.8, 4) is 0 Å². The van der Waals surface area contributed by atoms with Gasteiger partial charge in [-0.15, -0.1) is 0 Å². The highest BCUT2D eigenvalue weighted by Crippen LogP contribution is 2.38. The Kier molecular flexibility index (Phi) is 4.12. The number of carbonyl (C=O) groups is 1. The van der Waals surface area contributed by atoms with Gasteiger partial charge in [-0.1, -0.05) is 41.4 Å². The van der Waals surface area contributed by atoms with Crippen LogP contribution in [-0.2, 0) is 0 Å². The molecule has 0 radical (unpaired) electrons. The lowest BCUT2D eigenvalue weighted by molar-refractivity contribution is 0.0993. The number of rotatable bonds is 3. The van der Waals surface area contributed by atoms with E-state index in [9.17, 15) is 4.79 Å². The largest absolute Gasteiger partial charge is 0.361 e. The van der Waals surface area contributed by atoms with Crippen LogP contribution >= 0.6 is 23.2 Å². The van der Waals surface area contributed by atoms with Crippen molar-refractivity contribution in [1.29, 1.82) is 0 Å². The molecular formula is C20H14Cl2N2O. The van der Waals surface area contributed by atoms with Gasteiger partial charge in [0.15, 0.2) is 0 Å². The van der Waals surface area contributed by atoms with Crippen LogP contribution < -0.4 is 10.2 Å². The number of amides is 1. The first-order valence-electron chi connectivity index (χ1n) is 7.83. The van der Waals surface area contributed by atoms with Gasteiger partial charge in [0.25, 0.3) is 5.91 Å². The van der Waals surface area contributed by atoms with Crippen molar-refractivity contribution in [1.82, 2.24) is 0 Å². The van der Waals surface area contributed by atoms with Crippen molar-refractivity contribution >= 4 is 40.5 Å². The Hall–Kier alpha value is -2.49. The second kappa shape index (κ2) is 6.43. The van der Waals surface area contributed by atoms with Gasteiger partial charge in [0.1, 0.15) is 6.17 Å². The summed E-state index contributed by atoms with van der Waals surface area (Å²) in [4.78, 5) is 14.7. The van der Waals surface area contributed by atoms with Gasteiger partial charge in [0.05, 0.1) is 0 Å². The number of carbonyl (C=O) groups excluding carboxylic acids is 1. The predicted molar refractivity (Wildman–Crippen MR) is 103 cm³/mol. The molecule has 1 aliphatic rings. The summed E-state index contributed by atoms with van der Waals surface area (Å²) in [5.41, 5.74) is 3.32. The molecule has 1 aliphatic heterocycles. The van der Waals surface area contributed by atoms with Crippen LogP contribution in [0.25, 0.3) is 0 Å². The Morgan fingerprint density at radius 3 is 2.08 bits per heavy atom. The molecule has 0 saturated heterocycles. The molecule has 3 nitrogen and oxygen atoms in total. The van der Waals surface area contributed by atoms with Crippen LogP contribution in [0, 0.1) is 0 Å². The van der Waals surface area contributed by atoms with Crippen LogP contribution in [0.1, 0.15) is 22.1 Å². The third kappa shape index (κ3) is 2.97. The summed E-state index contributed by atoms with van der Waals surface area (Å²) < 4.78 is 0. The minimum absolute atomic E-state index is 0.0376. The highest BCUT2D eigenvalue weighted by atomic mass is 35.5. The summed E-state index contributed by atoms with van der Waals surface area (Å²) in [5, 5.41) is 4.74. The minimum Gasteiger partial charge on any atom is -0.361 e. The molecule has 5 heteroatoms. The molecule has 1 amide bonds. The van der Waals surface area contributed by atoms with Crippen LogP contribution in [0.2, 0.25) is 10.0 Å². The monoisotopic (exact) mass is 368 g/mol. The van der Waals surface area contributed by atoms with Crippen LogP contribution in [0.3, 0.4) is 0 Å². The average Bonchev–Trinajstić information content (AvgIpc) is 2.90. The number of hydrogen-bond acceptors (Lipinski definition) is 2. The Labute approximate surface area is 155 Å². The topological polar surface area (TPSA) is 32.3 Å². The number of fused-ring (bicyclic) bond motifs is 1. The average molecular weight is 369 g/mol. The van der Waals surface area contributed by atoms with Gasteiger partial charge >= 0.3 is 0 Å². The molecule has 0 saturated carbocycles. The maximum atomic E-state index is 13.0. The highest BCUT2D eigenvalue weighted by molar-refractivity contribution is 6.31. The lowest BCUT2D eigenvalue weighted by Gasteiger charge is -2.27. The van der Waals surface area contributed by atoms with Crippen LogP contribution in [-0.4, -0.2) is 5.91 Å². The third-order valence-corrected chi connectivity index (χ3v) is 4.72. The molecule has 3 aromatic rings. The van der Waals surface area contributed by atoms with E-state index in [0.29, 0.717) is 15.6 Å². The summed E-state index contributed by atoms with van der Waals surface area (Å²) in [6.07, 6.45) is -0.300. The Bertz CT molecular complexity index is 923. The maximum Gasteiger partial charge on any atom is 0.260 e. The van der Waals surface area contributed by atoms with E-state index in [1.54, 1.807) is 17.0 Å². The number of hydrogen-bond donors (Lipinski definition) is 1. The van der Waals surface area contributed by atoms with Crippen molar-refractivity contribution in [3.63, 3.8) is 0 Å². The van der Waals surface area contributed by atoms with Gasteiger partial charge in [-0.25, -0.2) is 0 Å². The van der Waals surface area contributed by atoms with E-state index in [1.165, 1.54) is 0 Å². The molecule has 1 unspecified atom stereocenters. The first-order chi connectivity index (χ1) is 12.1. The van der Waals surface area contributed by atoms with Crippen LogP contribution in [0.5, 0.6) is 0 Å². The van der Waals surface area contributed by atoms with Crippen molar-refractivity contribution < 1.29 is 4.79 Å². The molecule has 0 bridgehead atoms. The van der Waals surface area contributed by atoms with Gasteiger partial charge in [0.2, 0.25) is 0 Å². The van der Waals surface area contributed by atoms with Gasteiger partial charge in [-0.05, 0) is 54.6 Å². The smallest absolute Gasteiger partial charge is 0.260 e. The molecule has 25 heavy (non-hydrogen) atoms. The van der Waals surface area contributed by atoms with Gasteiger partial charge < -0.3 is 5.32 Å². The van der Waals surface area contributed by atoms with Crippen molar-refractivity contribution in [2.24, 2.45) is 0 Å². The van der Waals surface area contributed by atoms with Gasteiger partial charge in [-0.2, -0.15) is 0 Å². The van der Waals surface area contributed by atoms with E-state index in [-0.39, 0.29) is 12.1 Å². The molecule has 1 N–H and O–H groups in total. The summed E-state index contributed by atoms with van der Waals surface area (Å²) in [6, 6.07) is 22.3. The lowest BCUT2D eigenvalue weighted by Crippen LogP contribution is -2.32. The number of halogens is 2. The van der Waals surface area contributed by atoms with Crippen molar-refractivity contribution in [3.05, 3.63) is 94.0 Å². The molecule has 1 heterocycles. The standard InChI is InChI=1S/C20H14Cl2N2O/c21-13-5-9-15(10-6-13)23-19-17-3-1-2-4-18(17)20(25)24(19)16-11-7-14(22)8-12-16/h1-12,19,23H. The molecule has 0 aromatic heterocycles. The second-order valence-electron chi connectivity index (χ2n) is 5.79. The Morgan fingerprint density at radius 1 is 0.800 bits per heavy atom. The van der Waals surface area contributed by atoms with E-state index in [4.69, 9.17) is 23.2 Å². The quantitative estimate of drug-likeness (QED) is 0.636. The zero-order valence-corrected chi connectivity index (χ0v) is 14.6. The molecule has 0 aliphatic carbocycles. The summed E-state index contributed by atoms with van der Waals surface area (Å²) in [5.74, 6) is -0.0376. The van der Waals surface area contributed by atoms with E-state index in [1.807, 2.05) is 60.7 Å². The number of benzene rings is 3. The van der Waals surface area contributed by atoms with Crippen LogP contribution in [0.15, 0.2) is 72.8 Å². The molecule has 1 atom stereocenters. The summed E-state index contributed by atoms with van der Waals surface area (Å²) in [7, 11) is 0. The normalized spacial score (nSPS) is 16.0. The number of nitrogens with one attached hydrogen (secondary N) is 1. The minimum atomic E-state index is -0.300. The van der Waals surface area contributed by atoms with E-state index in [0.717, 1.165) is 16.9 Å². The molecule has 124 valence electrons. The fraction of sp³-hybridized carbons (Fsp3) is 0.0500. The summed E-state index contributed by atoms with van der Waals surface area (Å²) in [6.45, 7) is 0. The summed E-state index contributed by atoms with van der Waals surface area (Å²) >= 11 is 12.0. The van der Waals surface area contributed by atoms with E-state index >= 15 is 0 Å². The first-order valence-corrected chi connectivity index (χ1v) is 8.59. The zero-order chi connectivity index (χ0) is 17.4. The van der Waals surface area contributed by atoms with Gasteiger partial charge in [0, 0.05) is 32.5 Å². The molecule has 0 fully saturated rings. The van der Waals surface area contributed by atoms with Crippen molar-refractivity contribution in [2.45, 2.75) is 6.17 Å². The molecule has 4 rings (SSSR count). The van der Waals surface area contributed by atoms with E-state index < -0.39 is 0 Å². The number of nitrogens with zero attached hydrogens (tertiary/aromatic N) is 1. The molecular weight excluding hydrogens is 355 g/mol. The van der Waals surface area contributed by atoms with Crippen LogP contribution in [0.4, 0.5) is 11.4 Å². The first kappa shape index (κ1) is 16.0. The number of anilines is 2. The van der Waals surface area contributed by atoms with E-state index in [2.05, 4.69) is 5.32 Å². The zero-order valence-electron chi connectivity index (χ0n) is 13.1. The van der Waals surface area contributed by atoms with Crippen molar-refractivity contribution in [2.75, 3.05) is 10.2 Å². The molecule has 3 aromatic carbocycles.